The van der Waals surface area contributed by atoms with E-state index in [1.165, 1.54) is 30.2 Å². The van der Waals surface area contributed by atoms with Gasteiger partial charge in [0.1, 0.15) is 29.5 Å². The number of hydrogen-bond acceptors (Lipinski definition) is 4. The molecular weight excluding hydrogens is 476 g/mol. The van der Waals surface area contributed by atoms with E-state index in [4.69, 9.17) is 9.47 Å². The highest BCUT2D eigenvalue weighted by Gasteiger charge is 2.39. The number of rotatable bonds is 5. The number of likely N-dealkylation sites (N-methyl/N-ethyl adjacent to an activating group) is 1. The summed E-state index contributed by atoms with van der Waals surface area (Å²) in [5, 5.41) is 3.20. The third-order valence-electron chi connectivity index (χ3n) is 6.24. The number of hydrogen-bond donors (Lipinski definition) is 1. The number of alkyl halides is 3. The fourth-order valence-electron chi connectivity index (χ4n) is 4.40. The molecule has 1 amide bonds. The van der Waals surface area contributed by atoms with Gasteiger partial charge in [-0.1, -0.05) is 12.1 Å². The van der Waals surface area contributed by atoms with E-state index in [1.807, 2.05) is 0 Å². The molecule has 1 N–H and O–H groups in total. The average Bonchev–Trinajstić information content (AvgIpc) is 2.81. The van der Waals surface area contributed by atoms with Crippen LogP contribution in [0.4, 0.5) is 28.9 Å². The van der Waals surface area contributed by atoms with Crippen LogP contribution in [0.2, 0.25) is 0 Å². The maximum Gasteiger partial charge on any atom is 0.416 e. The number of anilines is 2. The molecule has 0 saturated carbocycles. The van der Waals surface area contributed by atoms with Crippen molar-refractivity contribution in [2.24, 2.45) is 0 Å². The maximum absolute atomic E-state index is 13.9. The SMILES string of the molecule is COc1ccc(C(F)(F)F)cc1-c1ccc2c(c1COc1cc(F)ccc1C)N(C)C(=O)C(C)(C)N2. The summed E-state index contributed by atoms with van der Waals surface area (Å²) in [5.41, 5.74) is 1.07. The fraction of sp³-hybridized carbons (Fsp3) is 0.296. The third kappa shape index (κ3) is 4.57. The Morgan fingerprint density at radius 3 is 2.39 bits per heavy atom. The molecule has 190 valence electrons. The van der Waals surface area contributed by atoms with Crippen LogP contribution in [0.1, 0.15) is 30.5 Å². The van der Waals surface area contributed by atoms with Crippen LogP contribution in [0.15, 0.2) is 48.5 Å². The number of halogens is 4. The molecule has 0 bridgehead atoms. The predicted octanol–water partition coefficient (Wildman–Crippen LogP) is 6.57. The number of fused-ring (bicyclic) bond motifs is 1. The normalized spacial score (nSPS) is 14.8. The molecule has 36 heavy (non-hydrogen) atoms. The topological polar surface area (TPSA) is 50.8 Å². The van der Waals surface area contributed by atoms with Crippen LogP contribution in [0, 0.1) is 12.7 Å². The minimum Gasteiger partial charge on any atom is -0.496 e. The van der Waals surface area contributed by atoms with Gasteiger partial charge < -0.3 is 19.7 Å². The van der Waals surface area contributed by atoms with Crippen molar-refractivity contribution in [3.63, 3.8) is 0 Å². The molecule has 0 fully saturated rings. The van der Waals surface area contributed by atoms with E-state index in [0.29, 0.717) is 28.1 Å². The van der Waals surface area contributed by atoms with Gasteiger partial charge in [-0.2, -0.15) is 13.2 Å². The van der Waals surface area contributed by atoms with E-state index in [2.05, 4.69) is 5.32 Å². The molecule has 5 nitrogen and oxygen atoms in total. The molecule has 1 heterocycles. The Labute approximate surface area is 206 Å². The molecule has 4 rings (SSSR count). The highest BCUT2D eigenvalue weighted by atomic mass is 19.4. The molecule has 0 radical (unpaired) electrons. The number of benzene rings is 3. The maximum atomic E-state index is 13.9. The standard InChI is InChI=1S/C27H26F4N2O3/c1-15-6-8-17(28)13-23(15)36-14-20-18(19-12-16(27(29,30)31)7-11-22(19)35-5)9-10-21-24(20)33(4)25(34)26(2,3)32-21/h6-13,32H,14H2,1-5H3. The molecule has 1 aliphatic heterocycles. The van der Waals surface area contributed by atoms with Gasteiger partial charge in [0, 0.05) is 24.2 Å². The second-order valence-electron chi connectivity index (χ2n) is 9.21. The van der Waals surface area contributed by atoms with E-state index in [9.17, 15) is 22.4 Å². The minimum absolute atomic E-state index is 0.137. The molecule has 1 aliphatic rings. The van der Waals surface area contributed by atoms with Crippen LogP contribution in [-0.2, 0) is 17.6 Å². The molecule has 0 aliphatic carbocycles. The van der Waals surface area contributed by atoms with Gasteiger partial charge in [0.15, 0.2) is 0 Å². The molecule has 9 heteroatoms. The van der Waals surface area contributed by atoms with Crippen molar-refractivity contribution in [1.82, 2.24) is 0 Å². The summed E-state index contributed by atoms with van der Waals surface area (Å²) in [6.07, 6.45) is -4.57. The lowest BCUT2D eigenvalue weighted by molar-refractivity contribution is -0.137. The zero-order valence-electron chi connectivity index (χ0n) is 20.5. The van der Waals surface area contributed by atoms with Crippen LogP contribution in [0.3, 0.4) is 0 Å². The monoisotopic (exact) mass is 502 g/mol. The van der Waals surface area contributed by atoms with Crippen LogP contribution in [-0.4, -0.2) is 25.6 Å². The number of methoxy groups -OCH3 is 1. The number of carbonyl (C=O) groups excluding carboxylic acids is 1. The van der Waals surface area contributed by atoms with Gasteiger partial charge >= 0.3 is 6.18 Å². The summed E-state index contributed by atoms with van der Waals surface area (Å²) in [6, 6.07) is 10.7. The molecule has 0 atom stereocenters. The second-order valence-corrected chi connectivity index (χ2v) is 9.21. The van der Waals surface area contributed by atoms with Gasteiger partial charge in [-0.25, -0.2) is 4.39 Å². The molecular formula is C27H26F4N2O3. The van der Waals surface area contributed by atoms with E-state index < -0.39 is 23.1 Å². The van der Waals surface area contributed by atoms with E-state index >= 15 is 0 Å². The van der Waals surface area contributed by atoms with Gasteiger partial charge in [-0.3, -0.25) is 4.79 Å². The lowest BCUT2D eigenvalue weighted by Gasteiger charge is -2.39. The number of carbonyl (C=O) groups is 1. The van der Waals surface area contributed by atoms with Gasteiger partial charge in [0.25, 0.3) is 5.91 Å². The summed E-state index contributed by atoms with van der Waals surface area (Å²) < 4.78 is 66.0. The largest absolute Gasteiger partial charge is 0.496 e. The average molecular weight is 503 g/mol. The quantitative estimate of drug-likeness (QED) is 0.401. The van der Waals surface area contributed by atoms with E-state index in [-0.39, 0.29) is 29.6 Å². The predicted molar refractivity (Wildman–Crippen MR) is 130 cm³/mol. The van der Waals surface area contributed by atoms with Crippen LogP contribution in [0.5, 0.6) is 11.5 Å². The van der Waals surface area contributed by atoms with Crippen molar-refractivity contribution >= 4 is 17.3 Å². The number of ether oxygens (including phenoxy) is 2. The van der Waals surface area contributed by atoms with Crippen molar-refractivity contribution in [2.45, 2.75) is 39.1 Å². The van der Waals surface area contributed by atoms with Crippen LogP contribution in [0.25, 0.3) is 11.1 Å². The van der Waals surface area contributed by atoms with Crippen molar-refractivity contribution < 1.29 is 31.8 Å². The third-order valence-corrected chi connectivity index (χ3v) is 6.24. The minimum atomic E-state index is -4.57. The fourth-order valence-corrected chi connectivity index (χ4v) is 4.40. The zero-order valence-corrected chi connectivity index (χ0v) is 20.5. The molecule has 0 aromatic heterocycles. The van der Waals surface area contributed by atoms with Crippen molar-refractivity contribution in [3.8, 4) is 22.6 Å². The summed E-state index contributed by atoms with van der Waals surface area (Å²) in [7, 11) is 2.98. The van der Waals surface area contributed by atoms with Crippen LogP contribution >= 0.6 is 0 Å². The van der Waals surface area contributed by atoms with Crippen molar-refractivity contribution in [2.75, 3.05) is 24.4 Å². The van der Waals surface area contributed by atoms with Crippen molar-refractivity contribution in [3.05, 3.63) is 71.0 Å². The summed E-state index contributed by atoms with van der Waals surface area (Å²) in [4.78, 5) is 14.6. The Kier molecular flexibility index (Phi) is 6.36. The second kappa shape index (κ2) is 9.04. The Hall–Kier alpha value is -3.75. The lowest BCUT2D eigenvalue weighted by atomic mass is 9.91. The summed E-state index contributed by atoms with van der Waals surface area (Å²) >= 11 is 0. The van der Waals surface area contributed by atoms with Crippen molar-refractivity contribution in [1.29, 1.82) is 0 Å². The first-order chi connectivity index (χ1) is 16.8. The summed E-state index contributed by atoms with van der Waals surface area (Å²) in [6.45, 7) is 5.10. The van der Waals surface area contributed by atoms with Gasteiger partial charge in [-0.15, -0.1) is 0 Å². The number of aryl methyl sites for hydroxylation is 1. The number of nitrogens with one attached hydrogen (secondary N) is 1. The van der Waals surface area contributed by atoms with Gasteiger partial charge in [0.2, 0.25) is 0 Å². The summed E-state index contributed by atoms with van der Waals surface area (Å²) in [5.74, 6) is -0.204. The molecule has 0 spiro atoms. The van der Waals surface area contributed by atoms with Crippen LogP contribution < -0.4 is 19.7 Å². The van der Waals surface area contributed by atoms with E-state index in [0.717, 1.165) is 12.1 Å². The molecule has 3 aromatic carbocycles. The first-order valence-electron chi connectivity index (χ1n) is 11.2. The highest BCUT2D eigenvalue weighted by molar-refractivity contribution is 6.08. The Balaban J connectivity index is 1.94. The number of nitrogens with zero attached hydrogens (tertiary/aromatic N) is 1. The molecule has 0 unspecified atom stereocenters. The Bertz CT molecular complexity index is 1340. The molecule has 3 aromatic rings. The smallest absolute Gasteiger partial charge is 0.416 e. The first-order valence-corrected chi connectivity index (χ1v) is 11.2. The number of amides is 1. The Morgan fingerprint density at radius 2 is 1.72 bits per heavy atom. The van der Waals surface area contributed by atoms with Gasteiger partial charge in [0.05, 0.1) is 24.0 Å². The van der Waals surface area contributed by atoms with Gasteiger partial charge in [-0.05, 0) is 62.2 Å². The lowest BCUT2D eigenvalue weighted by Crippen LogP contribution is -2.52. The zero-order chi connectivity index (χ0) is 26.4. The molecule has 0 saturated heterocycles. The Morgan fingerprint density at radius 1 is 1.00 bits per heavy atom. The first kappa shape index (κ1) is 25.3. The highest BCUT2D eigenvalue weighted by Crippen LogP contribution is 2.45. The van der Waals surface area contributed by atoms with E-state index in [1.54, 1.807) is 46.0 Å².